The Morgan fingerprint density at radius 2 is 1.23 bits per heavy atom. The van der Waals surface area contributed by atoms with Crippen molar-refractivity contribution in [3.05, 3.63) is 0 Å². The van der Waals surface area contributed by atoms with Crippen LogP contribution in [0.25, 0.3) is 0 Å². The van der Waals surface area contributed by atoms with E-state index in [9.17, 15) is 33.6 Å². The zero-order chi connectivity index (χ0) is 32.8. The van der Waals surface area contributed by atoms with Crippen LogP contribution >= 0.6 is 0 Å². The Morgan fingerprint density at radius 3 is 1.84 bits per heavy atom. The number of nitrogens with one attached hydrogen (secondary N) is 5. The lowest BCUT2D eigenvalue weighted by molar-refractivity contribution is -0.130. The van der Waals surface area contributed by atoms with Gasteiger partial charge in [-0.15, -0.1) is 0 Å². The fraction of sp³-hybridized carbons (Fsp3) is 0.690. The van der Waals surface area contributed by atoms with Crippen LogP contribution in [0.3, 0.4) is 0 Å². The third kappa shape index (κ3) is 21.7. The number of carbonyl (C=O) groups is 7. The summed E-state index contributed by atoms with van der Waals surface area (Å²) in [5.41, 5.74) is 0. The molecule has 0 aliphatic carbocycles. The summed E-state index contributed by atoms with van der Waals surface area (Å²) in [5.74, 6) is 2.18. The zero-order valence-electron chi connectivity index (χ0n) is 26.1. The highest BCUT2D eigenvalue weighted by Gasteiger charge is 2.19. The molecule has 0 saturated carbocycles. The summed E-state index contributed by atoms with van der Waals surface area (Å²) in [6, 6.07) is -1.87. The largest absolute Gasteiger partial charge is 0.381 e. The van der Waals surface area contributed by atoms with Crippen molar-refractivity contribution in [2.24, 2.45) is 0 Å². The van der Waals surface area contributed by atoms with E-state index in [1.54, 1.807) is 13.8 Å². The van der Waals surface area contributed by atoms with Crippen molar-refractivity contribution >= 4 is 41.0 Å². The summed E-state index contributed by atoms with van der Waals surface area (Å²) in [5, 5.41) is 13.3. The summed E-state index contributed by atoms with van der Waals surface area (Å²) < 4.78 is 10.6. The summed E-state index contributed by atoms with van der Waals surface area (Å²) in [6.07, 6.45) is 0.656. The molecule has 14 nitrogen and oxygen atoms in total. The molecule has 0 aliphatic heterocycles. The highest BCUT2D eigenvalue weighted by molar-refractivity contribution is 6.03. The van der Waals surface area contributed by atoms with Gasteiger partial charge in [-0.2, -0.15) is 0 Å². The SMILES string of the molecule is CC(=O)C(C)NCC(C)NC(=O)CCOCCCC(=O)C#CC(=O)NCCOCCC(=O)NC(C)C(=O)NC(C)C(C)=O. The molecule has 0 spiro atoms. The van der Waals surface area contributed by atoms with Crippen LogP contribution in [0.4, 0.5) is 0 Å². The molecule has 5 N–H and O–H groups in total. The van der Waals surface area contributed by atoms with Gasteiger partial charge in [-0.25, -0.2) is 0 Å². The van der Waals surface area contributed by atoms with Gasteiger partial charge in [0.05, 0.1) is 31.9 Å². The maximum absolute atomic E-state index is 11.9. The second-order valence-corrected chi connectivity index (χ2v) is 10.1. The predicted octanol–water partition coefficient (Wildman–Crippen LogP) is -1.06. The van der Waals surface area contributed by atoms with E-state index in [1.807, 2.05) is 6.92 Å². The van der Waals surface area contributed by atoms with Gasteiger partial charge in [0.25, 0.3) is 5.91 Å². The molecule has 4 unspecified atom stereocenters. The molecule has 43 heavy (non-hydrogen) atoms. The minimum Gasteiger partial charge on any atom is -0.381 e. The third-order valence-electron chi connectivity index (χ3n) is 5.97. The Kier molecular flexibility index (Phi) is 20.9. The highest BCUT2D eigenvalue weighted by Crippen LogP contribution is 1.94. The fourth-order valence-electron chi connectivity index (χ4n) is 3.05. The minimum atomic E-state index is -0.812. The Labute approximate surface area is 253 Å². The molecule has 0 aromatic carbocycles. The Balaban J connectivity index is 3.89. The van der Waals surface area contributed by atoms with Crippen LogP contribution in [0.2, 0.25) is 0 Å². The van der Waals surface area contributed by atoms with Gasteiger partial charge in [-0.3, -0.25) is 33.6 Å². The molecule has 0 radical (unpaired) electrons. The first-order valence-corrected chi connectivity index (χ1v) is 14.3. The molecule has 0 aromatic heterocycles. The monoisotopic (exact) mass is 609 g/mol. The lowest BCUT2D eigenvalue weighted by Crippen LogP contribution is -2.49. The number of hydrogen-bond acceptors (Lipinski definition) is 10. The van der Waals surface area contributed by atoms with Gasteiger partial charge in [-0.05, 0) is 53.9 Å². The molecular formula is C29H47N5O9. The predicted molar refractivity (Wildman–Crippen MR) is 158 cm³/mol. The Morgan fingerprint density at radius 1 is 0.651 bits per heavy atom. The molecule has 0 bridgehead atoms. The summed E-state index contributed by atoms with van der Waals surface area (Å²) >= 11 is 0. The molecule has 4 amide bonds. The van der Waals surface area contributed by atoms with E-state index in [4.69, 9.17) is 9.47 Å². The topological polar surface area (TPSA) is 198 Å². The molecule has 0 fully saturated rings. The van der Waals surface area contributed by atoms with Crippen LogP contribution in [-0.4, -0.2) is 105 Å². The van der Waals surface area contributed by atoms with Crippen LogP contribution in [-0.2, 0) is 43.0 Å². The smallest absolute Gasteiger partial charge is 0.296 e. The second-order valence-electron chi connectivity index (χ2n) is 10.1. The molecule has 0 saturated heterocycles. The van der Waals surface area contributed by atoms with E-state index in [1.165, 1.54) is 20.8 Å². The normalized spacial score (nSPS) is 13.3. The molecule has 242 valence electrons. The number of Topliss-reactive ketones (excluding diaryl/α,β-unsaturated/α-hetero) is 3. The van der Waals surface area contributed by atoms with Crippen molar-refractivity contribution in [3.63, 3.8) is 0 Å². The number of ether oxygens (including phenoxy) is 2. The first kappa shape index (κ1) is 39.3. The average molecular weight is 610 g/mol. The van der Waals surface area contributed by atoms with E-state index in [0.29, 0.717) is 13.0 Å². The van der Waals surface area contributed by atoms with Crippen LogP contribution in [0, 0.1) is 11.8 Å². The summed E-state index contributed by atoms with van der Waals surface area (Å²) in [4.78, 5) is 81.8. The van der Waals surface area contributed by atoms with E-state index in [2.05, 4.69) is 38.4 Å². The molecule has 0 rings (SSSR count). The van der Waals surface area contributed by atoms with Crippen molar-refractivity contribution in [1.82, 2.24) is 26.6 Å². The molecule has 0 heterocycles. The van der Waals surface area contributed by atoms with Crippen molar-refractivity contribution in [2.45, 2.75) is 91.4 Å². The van der Waals surface area contributed by atoms with Gasteiger partial charge >= 0.3 is 0 Å². The number of rotatable bonds is 22. The van der Waals surface area contributed by atoms with Crippen molar-refractivity contribution in [1.29, 1.82) is 0 Å². The fourth-order valence-corrected chi connectivity index (χ4v) is 3.05. The summed E-state index contributed by atoms with van der Waals surface area (Å²) in [7, 11) is 0. The quantitative estimate of drug-likeness (QED) is 0.0573. The van der Waals surface area contributed by atoms with Crippen molar-refractivity contribution in [2.75, 3.05) is 39.5 Å². The lowest BCUT2D eigenvalue weighted by atomic mass is 10.2. The minimum absolute atomic E-state index is 0.00145. The van der Waals surface area contributed by atoms with Gasteiger partial charge in [0.15, 0.2) is 5.78 Å². The summed E-state index contributed by atoms with van der Waals surface area (Å²) in [6.45, 7) is 10.7. The Bertz CT molecular complexity index is 1020. The standard InChI is InChI=1S/C29H47N5O9/c1-19(18-31-20(2)23(5)35)32-27(39)11-15-42-14-7-8-25(37)9-10-26(38)30-13-17-43-16-12-28(40)33-22(4)29(41)34-21(3)24(6)36/h19-22,31H,7-8,11-18H2,1-6H3,(H,30,38)(H,32,39)(H,33,40)(H,34,41). The van der Waals surface area contributed by atoms with Crippen LogP contribution in [0.15, 0.2) is 0 Å². The third-order valence-corrected chi connectivity index (χ3v) is 5.97. The van der Waals surface area contributed by atoms with E-state index in [-0.39, 0.29) is 81.8 Å². The number of ketones is 3. The Hall–Kier alpha value is -3.67. The van der Waals surface area contributed by atoms with Gasteiger partial charge in [0.2, 0.25) is 23.5 Å². The molecular weight excluding hydrogens is 562 g/mol. The number of carbonyl (C=O) groups excluding carboxylic acids is 7. The first-order chi connectivity index (χ1) is 20.2. The zero-order valence-corrected chi connectivity index (χ0v) is 26.1. The second kappa shape index (κ2) is 22.9. The van der Waals surface area contributed by atoms with Gasteiger partial charge in [0, 0.05) is 50.9 Å². The number of hydrogen-bond donors (Lipinski definition) is 5. The maximum Gasteiger partial charge on any atom is 0.296 e. The van der Waals surface area contributed by atoms with Gasteiger partial charge < -0.3 is 36.1 Å². The van der Waals surface area contributed by atoms with Crippen LogP contribution in [0.5, 0.6) is 0 Å². The van der Waals surface area contributed by atoms with Gasteiger partial charge in [-0.1, -0.05) is 0 Å². The van der Waals surface area contributed by atoms with E-state index >= 15 is 0 Å². The number of amides is 4. The highest BCUT2D eigenvalue weighted by atomic mass is 16.5. The lowest BCUT2D eigenvalue weighted by Gasteiger charge is -2.17. The van der Waals surface area contributed by atoms with Crippen LogP contribution < -0.4 is 26.6 Å². The van der Waals surface area contributed by atoms with E-state index < -0.39 is 35.6 Å². The molecule has 4 atom stereocenters. The van der Waals surface area contributed by atoms with Crippen LogP contribution in [0.1, 0.15) is 67.2 Å². The van der Waals surface area contributed by atoms with E-state index in [0.717, 1.165) is 0 Å². The molecule has 0 aliphatic rings. The van der Waals surface area contributed by atoms with Crippen molar-refractivity contribution in [3.8, 4) is 11.8 Å². The van der Waals surface area contributed by atoms with Gasteiger partial charge in [0.1, 0.15) is 11.8 Å². The molecule has 14 heteroatoms. The van der Waals surface area contributed by atoms with Crippen molar-refractivity contribution < 1.29 is 43.0 Å². The average Bonchev–Trinajstić information content (AvgIpc) is 2.93. The molecule has 0 aromatic rings. The first-order valence-electron chi connectivity index (χ1n) is 14.3. The maximum atomic E-state index is 11.9.